The van der Waals surface area contributed by atoms with Gasteiger partial charge >= 0.3 is 0 Å². The molecule has 0 aliphatic carbocycles. The van der Waals surface area contributed by atoms with Crippen molar-refractivity contribution >= 4 is 47.4 Å². The molecule has 1 aliphatic rings. The lowest BCUT2D eigenvalue weighted by Gasteiger charge is -2.40. The third-order valence-corrected chi connectivity index (χ3v) is 5.52. The van der Waals surface area contributed by atoms with Crippen molar-refractivity contribution in [2.24, 2.45) is 16.6 Å². The second-order valence-corrected chi connectivity index (χ2v) is 7.76. The van der Waals surface area contributed by atoms with E-state index in [0.29, 0.717) is 30.2 Å². The monoisotopic (exact) mass is 545 g/mol. The Morgan fingerprint density at radius 3 is 2.80 bits per heavy atom. The minimum Gasteiger partial charge on any atom is -0.454 e. The zero-order chi connectivity index (χ0) is 20.8. The van der Waals surface area contributed by atoms with Crippen LogP contribution in [0.1, 0.15) is 40.8 Å². The molecule has 1 aromatic heterocycles. The van der Waals surface area contributed by atoms with Gasteiger partial charge in [0, 0.05) is 24.7 Å². The molecule has 0 saturated carbocycles. The average Bonchev–Trinajstić information content (AvgIpc) is 3.17. The molecule has 0 radical (unpaired) electrons. The number of nitrogens with one attached hydrogen (secondary N) is 2. The zero-order valence-corrected chi connectivity index (χ0v) is 20.3. The minimum absolute atomic E-state index is 0. The average molecular weight is 546 g/mol. The van der Waals surface area contributed by atoms with Crippen molar-refractivity contribution in [3.8, 4) is 0 Å². The maximum atomic E-state index is 11.1. The molecule has 2 aromatic rings. The van der Waals surface area contributed by atoms with E-state index in [-0.39, 0.29) is 29.7 Å². The first kappa shape index (κ1) is 24.5. The van der Waals surface area contributed by atoms with Gasteiger partial charge in [0.2, 0.25) is 0 Å². The SMILES string of the molecule is CN=C(NCc1ccc(C(N)=O)o1)NCC1CCCN(C)C1c1cccc(Cl)c1.I. The zero-order valence-electron chi connectivity index (χ0n) is 17.2. The highest BCUT2D eigenvalue weighted by Gasteiger charge is 2.30. The maximum Gasteiger partial charge on any atom is 0.284 e. The number of furan rings is 1. The van der Waals surface area contributed by atoms with Crippen LogP contribution in [0.3, 0.4) is 0 Å². The minimum atomic E-state index is -0.577. The summed E-state index contributed by atoms with van der Waals surface area (Å²) < 4.78 is 5.40. The van der Waals surface area contributed by atoms with Crippen molar-refractivity contribution < 1.29 is 9.21 Å². The van der Waals surface area contributed by atoms with Crippen molar-refractivity contribution in [2.75, 3.05) is 27.2 Å². The second kappa shape index (κ2) is 11.6. The second-order valence-electron chi connectivity index (χ2n) is 7.32. The molecule has 2 unspecified atom stereocenters. The maximum absolute atomic E-state index is 11.1. The molecule has 3 rings (SSSR count). The van der Waals surface area contributed by atoms with Gasteiger partial charge in [-0.15, -0.1) is 24.0 Å². The number of hydrogen-bond donors (Lipinski definition) is 3. The quantitative estimate of drug-likeness (QED) is 0.294. The normalized spacial score (nSPS) is 19.8. The Bertz CT molecular complexity index is 873. The fourth-order valence-corrected chi connectivity index (χ4v) is 4.11. The van der Waals surface area contributed by atoms with Gasteiger partial charge in [0.1, 0.15) is 5.76 Å². The largest absolute Gasteiger partial charge is 0.454 e. The molecule has 0 bridgehead atoms. The van der Waals surface area contributed by atoms with Crippen LogP contribution in [-0.2, 0) is 6.54 Å². The van der Waals surface area contributed by atoms with Crippen molar-refractivity contribution in [2.45, 2.75) is 25.4 Å². The number of carbonyl (C=O) groups is 1. The fraction of sp³-hybridized carbons (Fsp3) is 0.429. The highest BCUT2D eigenvalue weighted by molar-refractivity contribution is 14.0. The van der Waals surface area contributed by atoms with Crippen LogP contribution >= 0.6 is 35.6 Å². The van der Waals surface area contributed by atoms with Gasteiger partial charge in [-0.1, -0.05) is 23.7 Å². The lowest BCUT2D eigenvalue weighted by molar-refractivity contribution is 0.0972. The van der Waals surface area contributed by atoms with Crippen LogP contribution in [0.4, 0.5) is 0 Å². The molecule has 7 nitrogen and oxygen atoms in total. The Kier molecular flexibility index (Phi) is 9.44. The van der Waals surface area contributed by atoms with Gasteiger partial charge in [-0.3, -0.25) is 14.7 Å². The van der Waals surface area contributed by atoms with E-state index in [9.17, 15) is 4.79 Å². The Hall–Kier alpha value is -1.78. The summed E-state index contributed by atoms with van der Waals surface area (Å²) in [6, 6.07) is 11.7. The van der Waals surface area contributed by atoms with E-state index in [1.165, 1.54) is 5.56 Å². The summed E-state index contributed by atoms with van der Waals surface area (Å²) in [7, 11) is 3.89. The number of aliphatic imine (C=N–C) groups is 1. The highest BCUT2D eigenvalue weighted by Crippen LogP contribution is 2.35. The van der Waals surface area contributed by atoms with Crippen LogP contribution < -0.4 is 16.4 Å². The van der Waals surface area contributed by atoms with Crippen LogP contribution in [-0.4, -0.2) is 44.0 Å². The molecule has 1 aliphatic heterocycles. The number of amides is 1. The number of nitrogens with zero attached hydrogens (tertiary/aromatic N) is 2. The van der Waals surface area contributed by atoms with Gasteiger partial charge in [-0.2, -0.15) is 0 Å². The lowest BCUT2D eigenvalue weighted by Crippen LogP contribution is -2.44. The number of hydrogen-bond acceptors (Lipinski definition) is 4. The standard InChI is InChI=1S/C21H28ClN5O2.HI/c1-24-21(26-13-17-8-9-18(29-17)20(23)28)25-12-15-6-4-10-27(2)19(15)14-5-3-7-16(22)11-14;/h3,5,7-9,11,15,19H,4,6,10,12-13H2,1-2H3,(H2,23,28)(H2,24,25,26);1H. The summed E-state index contributed by atoms with van der Waals surface area (Å²) in [5, 5.41) is 7.39. The summed E-state index contributed by atoms with van der Waals surface area (Å²) in [6.07, 6.45) is 2.29. The van der Waals surface area contributed by atoms with Gasteiger partial charge in [-0.25, -0.2) is 0 Å². The van der Waals surface area contributed by atoms with E-state index in [1.54, 1.807) is 19.2 Å². The first-order valence-electron chi connectivity index (χ1n) is 9.76. The van der Waals surface area contributed by atoms with E-state index < -0.39 is 5.91 Å². The first-order valence-corrected chi connectivity index (χ1v) is 10.1. The van der Waals surface area contributed by atoms with E-state index in [4.69, 9.17) is 21.8 Å². The summed E-state index contributed by atoms with van der Waals surface area (Å²) in [6.45, 7) is 2.27. The van der Waals surface area contributed by atoms with E-state index in [2.05, 4.69) is 39.7 Å². The topological polar surface area (TPSA) is 95.9 Å². The van der Waals surface area contributed by atoms with Gasteiger partial charge in [0.25, 0.3) is 5.91 Å². The van der Waals surface area contributed by atoms with Gasteiger partial charge in [0.05, 0.1) is 6.54 Å². The molecule has 1 fully saturated rings. The molecule has 4 N–H and O–H groups in total. The summed E-state index contributed by atoms with van der Waals surface area (Å²) >= 11 is 6.23. The molecule has 9 heteroatoms. The van der Waals surface area contributed by atoms with E-state index in [0.717, 1.165) is 31.0 Å². The van der Waals surface area contributed by atoms with Crippen LogP contribution in [0.15, 0.2) is 45.8 Å². The highest BCUT2D eigenvalue weighted by atomic mass is 127. The van der Waals surface area contributed by atoms with Crippen LogP contribution in [0.2, 0.25) is 5.02 Å². The Morgan fingerprint density at radius 1 is 1.33 bits per heavy atom. The molecule has 2 heterocycles. The molecule has 2 atom stereocenters. The number of nitrogens with two attached hydrogens (primary N) is 1. The number of rotatable bonds is 6. The third kappa shape index (κ3) is 6.36. The number of halogens is 2. The molecular formula is C21H29ClIN5O2. The van der Waals surface area contributed by atoms with Crippen molar-refractivity contribution in [3.63, 3.8) is 0 Å². The predicted molar refractivity (Wildman–Crippen MR) is 130 cm³/mol. The van der Waals surface area contributed by atoms with E-state index >= 15 is 0 Å². The van der Waals surface area contributed by atoms with Crippen LogP contribution in [0.25, 0.3) is 0 Å². The molecular weight excluding hydrogens is 517 g/mol. The van der Waals surface area contributed by atoms with Crippen LogP contribution in [0, 0.1) is 5.92 Å². The molecule has 1 amide bonds. The van der Waals surface area contributed by atoms with Crippen LogP contribution in [0.5, 0.6) is 0 Å². The number of benzene rings is 1. The molecule has 1 aromatic carbocycles. The Labute approximate surface area is 199 Å². The first-order chi connectivity index (χ1) is 14.0. The molecule has 30 heavy (non-hydrogen) atoms. The smallest absolute Gasteiger partial charge is 0.284 e. The lowest BCUT2D eigenvalue weighted by atomic mass is 9.85. The van der Waals surface area contributed by atoms with Gasteiger partial charge < -0.3 is 20.8 Å². The summed E-state index contributed by atoms with van der Waals surface area (Å²) in [5.41, 5.74) is 6.46. The van der Waals surface area contributed by atoms with Crippen molar-refractivity contribution in [1.29, 1.82) is 0 Å². The number of piperidine rings is 1. The fourth-order valence-electron chi connectivity index (χ4n) is 3.92. The molecule has 164 valence electrons. The number of primary amides is 1. The van der Waals surface area contributed by atoms with E-state index in [1.807, 2.05) is 12.1 Å². The Morgan fingerprint density at radius 2 is 2.13 bits per heavy atom. The number of likely N-dealkylation sites (tertiary alicyclic amines) is 1. The third-order valence-electron chi connectivity index (χ3n) is 5.29. The summed E-state index contributed by atoms with van der Waals surface area (Å²) in [4.78, 5) is 17.8. The molecule has 1 saturated heterocycles. The number of guanidine groups is 1. The van der Waals surface area contributed by atoms with Crippen molar-refractivity contribution in [3.05, 3.63) is 58.5 Å². The van der Waals surface area contributed by atoms with Gasteiger partial charge in [0.15, 0.2) is 11.7 Å². The van der Waals surface area contributed by atoms with Crippen molar-refractivity contribution in [1.82, 2.24) is 15.5 Å². The predicted octanol–water partition coefficient (Wildman–Crippen LogP) is 3.40. The Balaban J connectivity index is 0.00000320. The number of carbonyl (C=O) groups excluding carboxylic acids is 1. The van der Waals surface area contributed by atoms with Gasteiger partial charge in [-0.05, 0) is 62.2 Å². The molecule has 0 spiro atoms. The summed E-state index contributed by atoms with van der Waals surface area (Å²) in [5.74, 6) is 1.30.